The molecule has 3 heteroatoms. The van der Waals surface area contributed by atoms with Gasteiger partial charge >= 0.3 is 0 Å². The number of hydrogen-bond acceptors (Lipinski definition) is 1. The molecule has 0 spiro atoms. The second kappa shape index (κ2) is 5.57. The summed E-state index contributed by atoms with van der Waals surface area (Å²) in [5, 5.41) is 3.82. The lowest BCUT2D eigenvalue weighted by atomic mass is 9.92. The highest BCUT2D eigenvalue weighted by Crippen LogP contribution is 2.17. The van der Waals surface area contributed by atoms with Crippen LogP contribution in [0.25, 0.3) is 0 Å². The molecule has 0 aliphatic rings. The van der Waals surface area contributed by atoms with Crippen LogP contribution in [0, 0.1) is 5.41 Å². The third kappa shape index (κ3) is 8.05. The highest BCUT2D eigenvalue weighted by molar-refractivity contribution is 9.09. The summed E-state index contributed by atoms with van der Waals surface area (Å²) in [6.07, 6.45) is 1.60. The first-order valence-corrected chi connectivity index (χ1v) is 5.40. The molecule has 0 aromatic rings. The number of carbonyl (C=O) groups excluding carboxylic acids is 1. The van der Waals surface area contributed by atoms with E-state index >= 15 is 0 Å². The molecule has 72 valence electrons. The summed E-state index contributed by atoms with van der Waals surface area (Å²) in [6, 6.07) is 0. The number of amides is 1. The van der Waals surface area contributed by atoms with Crippen LogP contribution in [0.2, 0.25) is 0 Å². The van der Waals surface area contributed by atoms with Crippen LogP contribution in [0.1, 0.15) is 33.6 Å². The van der Waals surface area contributed by atoms with Crippen LogP contribution in [0.5, 0.6) is 0 Å². The third-order valence-electron chi connectivity index (χ3n) is 1.32. The molecule has 1 N–H and O–H groups in total. The van der Waals surface area contributed by atoms with Gasteiger partial charge in [0, 0.05) is 18.3 Å². The van der Waals surface area contributed by atoms with Gasteiger partial charge in [-0.05, 0) is 11.8 Å². The van der Waals surface area contributed by atoms with E-state index in [4.69, 9.17) is 0 Å². The molecule has 12 heavy (non-hydrogen) atoms. The van der Waals surface area contributed by atoms with Crippen molar-refractivity contribution in [3.63, 3.8) is 0 Å². The molecule has 1 amide bonds. The van der Waals surface area contributed by atoms with Crippen molar-refractivity contribution >= 4 is 21.8 Å². The molecule has 2 nitrogen and oxygen atoms in total. The molecule has 0 fully saturated rings. The summed E-state index contributed by atoms with van der Waals surface area (Å²) in [7, 11) is 0. The molecular weight excluding hydrogens is 218 g/mol. The van der Waals surface area contributed by atoms with E-state index in [-0.39, 0.29) is 11.3 Å². The molecule has 0 saturated heterocycles. The number of hydrogen-bond donors (Lipinski definition) is 1. The summed E-state index contributed by atoms with van der Waals surface area (Å²) in [4.78, 5) is 11.2. The predicted molar refractivity (Wildman–Crippen MR) is 55.5 cm³/mol. The van der Waals surface area contributed by atoms with Crippen molar-refractivity contribution < 1.29 is 4.79 Å². The number of halogens is 1. The zero-order valence-corrected chi connectivity index (χ0v) is 9.70. The lowest BCUT2D eigenvalue weighted by molar-refractivity contribution is -0.122. The molecule has 0 aromatic carbocycles. The van der Waals surface area contributed by atoms with Crippen LogP contribution >= 0.6 is 15.9 Å². The van der Waals surface area contributed by atoms with E-state index in [9.17, 15) is 4.79 Å². The van der Waals surface area contributed by atoms with Gasteiger partial charge in [-0.1, -0.05) is 36.7 Å². The predicted octanol–water partition coefficient (Wildman–Crippen LogP) is 2.32. The largest absolute Gasteiger partial charge is 0.356 e. The van der Waals surface area contributed by atoms with Crippen LogP contribution in [0.15, 0.2) is 0 Å². The summed E-state index contributed by atoms with van der Waals surface area (Å²) in [5.74, 6) is 0.156. The van der Waals surface area contributed by atoms with Crippen LogP contribution in [-0.2, 0) is 4.79 Å². The number of nitrogens with one attached hydrogen (secondary N) is 1. The fraction of sp³-hybridized carbons (Fsp3) is 0.889. The highest BCUT2D eigenvalue weighted by Gasteiger charge is 2.14. The van der Waals surface area contributed by atoms with Crippen molar-refractivity contribution in [2.45, 2.75) is 33.6 Å². The fourth-order valence-electron chi connectivity index (χ4n) is 0.839. The van der Waals surface area contributed by atoms with Gasteiger partial charge in [0.1, 0.15) is 0 Å². The normalized spacial score (nSPS) is 11.3. The Morgan fingerprint density at radius 1 is 1.42 bits per heavy atom. The summed E-state index contributed by atoms with van der Waals surface area (Å²) >= 11 is 3.31. The average molecular weight is 236 g/mol. The van der Waals surface area contributed by atoms with Crippen LogP contribution in [-0.4, -0.2) is 17.8 Å². The second-order valence-electron chi connectivity index (χ2n) is 4.13. The van der Waals surface area contributed by atoms with Gasteiger partial charge in [-0.15, -0.1) is 0 Å². The smallest absolute Gasteiger partial charge is 0.220 e. The van der Waals surface area contributed by atoms with Crippen LogP contribution in [0.3, 0.4) is 0 Å². The maximum absolute atomic E-state index is 11.2. The van der Waals surface area contributed by atoms with Crippen molar-refractivity contribution in [2.24, 2.45) is 5.41 Å². The van der Waals surface area contributed by atoms with Gasteiger partial charge in [-0.25, -0.2) is 0 Å². The zero-order chi connectivity index (χ0) is 9.61. The first-order chi connectivity index (χ1) is 5.45. The van der Waals surface area contributed by atoms with Gasteiger partial charge in [0.15, 0.2) is 0 Å². The highest BCUT2D eigenvalue weighted by atomic mass is 79.9. The molecule has 0 saturated carbocycles. The number of carbonyl (C=O) groups is 1. The molecular formula is C9H18BrNO. The van der Waals surface area contributed by atoms with Gasteiger partial charge in [-0.3, -0.25) is 4.79 Å². The van der Waals surface area contributed by atoms with E-state index in [2.05, 4.69) is 42.0 Å². The molecule has 0 atom stereocenters. The standard InChI is InChI=1S/C9H18BrNO/c1-9(2,3)7-8(12)11-6-4-5-10/h4-7H2,1-3H3,(H,11,12). The Bertz CT molecular complexity index is 140. The third-order valence-corrected chi connectivity index (χ3v) is 1.88. The molecule has 0 unspecified atom stereocenters. The first-order valence-electron chi connectivity index (χ1n) is 4.28. The minimum Gasteiger partial charge on any atom is -0.356 e. The van der Waals surface area contributed by atoms with E-state index in [0.717, 1.165) is 18.3 Å². The van der Waals surface area contributed by atoms with Crippen molar-refractivity contribution in [3.8, 4) is 0 Å². The molecule has 0 aromatic heterocycles. The molecule has 0 aliphatic carbocycles. The lowest BCUT2D eigenvalue weighted by Crippen LogP contribution is -2.28. The summed E-state index contributed by atoms with van der Waals surface area (Å²) in [6.45, 7) is 6.98. The minimum atomic E-state index is 0.0957. The minimum absolute atomic E-state index is 0.0957. The summed E-state index contributed by atoms with van der Waals surface area (Å²) in [5.41, 5.74) is 0.0957. The zero-order valence-electron chi connectivity index (χ0n) is 8.11. The monoisotopic (exact) mass is 235 g/mol. The summed E-state index contributed by atoms with van der Waals surface area (Å²) < 4.78 is 0. The Morgan fingerprint density at radius 2 is 2.00 bits per heavy atom. The number of rotatable bonds is 4. The maximum atomic E-state index is 11.2. The van der Waals surface area contributed by atoms with E-state index < -0.39 is 0 Å². The Kier molecular flexibility index (Phi) is 5.55. The lowest BCUT2D eigenvalue weighted by Gasteiger charge is -2.16. The molecule has 0 radical (unpaired) electrons. The SMILES string of the molecule is CC(C)(C)CC(=O)NCCCBr. The van der Waals surface area contributed by atoms with Gasteiger partial charge in [-0.2, -0.15) is 0 Å². The average Bonchev–Trinajstić information content (AvgIpc) is 1.84. The molecule has 0 bridgehead atoms. The quantitative estimate of drug-likeness (QED) is 0.589. The fourth-order valence-corrected chi connectivity index (χ4v) is 1.12. The van der Waals surface area contributed by atoms with Gasteiger partial charge in [0.25, 0.3) is 0 Å². The van der Waals surface area contributed by atoms with E-state index in [1.54, 1.807) is 0 Å². The topological polar surface area (TPSA) is 29.1 Å². The van der Waals surface area contributed by atoms with Gasteiger partial charge in [0.2, 0.25) is 5.91 Å². The first kappa shape index (κ1) is 11.9. The Hall–Kier alpha value is -0.0500. The van der Waals surface area contributed by atoms with Crippen LogP contribution in [0.4, 0.5) is 0 Å². The second-order valence-corrected chi connectivity index (χ2v) is 4.92. The number of alkyl halides is 1. The Balaban J connectivity index is 3.47. The van der Waals surface area contributed by atoms with Gasteiger partial charge < -0.3 is 5.32 Å². The van der Waals surface area contributed by atoms with E-state index in [0.29, 0.717) is 6.42 Å². The van der Waals surface area contributed by atoms with E-state index in [1.165, 1.54) is 0 Å². The van der Waals surface area contributed by atoms with Crippen molar-refractivity contribution in [1.29, 1.82) is 0 Å². The van der Waals surface area contributed by atoms with Gasteiger partial charge in [0.05, 0.1) is 0 Å². The molecule has 0 rings (SSSR count). The Morgan fingerprint density at radius 3 is 2.42 bits per heavy atom. The Labute approximate surface area is 83.2 Å². The van der Waals surface area contributed by atoms with Crippen molar-refractivity contribution in [3.05, 3.63) is 0 Å². The molecule has 0 heterocycles. The van der Waals surface area contributed by atoms with Crippen molar-refractivity contribution in [2.75, 3.05) is 11.9 Å². The van der Waals surface area contributed by atoms with E-state index in [1.807, 2.05) is 0 Å². The molecule has 0 aliphatic heterocycles. The maximum Gasteiger partial charge on any atom is 0.220 e. The van der Waals surface area contributed by atoms with Crippen molar-refractivity contribution in [1.82, 2.24) is 5.32 Å². The van der Waals surface area contributed by atoms with Crippen LogP contribution < -0.4 is 5.32 Å².